The van der Waals surface area contributed by atoms with Crippen LogP contribution in [0.5, 0.6) is 0 Å². The highest BCUT2D eigenvalue weighted by Gasteiger charge is 2.28. The van der Waals surface area contributed by atoms with E-state index in [0.717, 1.165) is 29.3 Å². The maximum absolute atomic E-state index is 12.7. The number of pyridine rings is 1. The number of hydrogen-bond donors (Lipinski definition) is 1. The van der Waals surface area contributed by atoms with E-state index in [0.29, 0.717) is 19.1 Å². The molecule has 23 heavy (non-hydrogen) atoms. The molecule has 0 saturated carbocycles. The summed E-state index contributed by atoms with van der Waals surface area (Å²) in [6.07, 6.45) is 3.43. The molecule has 126 valence electrons. The van der Waals surface area contributed by atoms with Crippen molar-refractivity contribution in [1.82, 2.24) is 14.6 Å². The lowest BCUT2D eigenvalue weighted by atomic mass is 10.1. The van der Waals surface area contributed by atoms with Crippen LogP contribution in [0.15, 0.2) is 36.5 Å². The Morgan fingerprint density at radius 3 is 2.61 bits per heavy atom. The second-order valence-corrected chi connectivity index (χ2v) is 7.68. The van der Waals surface area contributed by atoms with Crippen LogP contribution >= 0.6 is 12.4 Å². The summed E-state index contributed by atoms with van der Waals surface area (Å²) >= 11 is 0. The summed E-state index contributed by atoms with van der Waals surface area (Å²) < 4.78 is 27.0. The molecule has 7 heteroatoms. The molecule has 2 heterocycles. The zero-order valence-electron chi connectivity index (χ0n) is 13.1. The Bertz CT molecular complexity index is 754. The van der Waals surface area contributed by atoms with Crippen LogP contribution in [0.25, 0.3) is 10.9 Å². The highest BCUT2D eigenvalue weighted by Crippen LogP contribution is 2.22. The van der Waals surface area contributed by atoms with Gasteiger partial charge in [-0.25, -0.2) is 12.7 Å². The zero-order valence-corrected chi connectivity index (χ0v) is 14.7. The van der Waals surface area contributed by atoms with E-state index in [-0.39, 0.29) is 18.2 Å². The summed E-state index contributed by atoms with van der Waals surface area (Å²) in [6, 6.07) is 9.94. The van der Waals surface area contributed by atoms with E-state index in [4.69, 9.17) is 0 Å². The monoisotopic (exact) mass is 355 g/mol. The quantitative estimate of drug-likeness (QED) is 0.913. The summed E-state index contributed by atoms with van der Waals surface area (Å²) in [5, 5.41) is 4.19. The van der Waals surface area contributed by atoms with E-state index in [2.05, 4.69) is 10.3 Å². The van der Waals surface area contributed by atoms with Gasteiger partial charge in [-0.2, -0.15) is 0 Å². The third kappa shape index (κ3) is 4.01. The number of para-hydroxylation sites is 1. The van der Waals surface area contributed by atoms with Crippen molar-refractivity contribution in [2.45, 2.75) is 24.6 Å². The molecule has 3 rings (SSSR count). The van der Waals surface area contributed by atoms with Crippen molar-refractivity contribution in [3.8, 4) is 0 Å². The van der Waals surface area contributed by atoms with Crippen LogP contribution in [0.3, 0.4) is 0 Å². The fraction of sp³-hybridized carbons (Fsp3) is 0.438. The Hall–Kier alpha value is -1.21. The molecule has 0 unspecified atom stereocenters. The van der Waals surface area contributed by atoms with Crippen LogP contribution in [0.1, 0.15) is 18.4 Å². The lowest BCUT2D eigenvalue weighted by Gasteiger charge is -2.31. The standard InChI is InChI=1S/C16H21N3O2S.ClH/c1-17-15-7-10-19(11-8-15)22(20,21)12-14-5-2-4-13-6-3-9-18-16(13)14;/h2-6,9,15,17H,7-8,10-12H2,1H3;1H. The van der Waals surface area contributed by atoms with Gasteiger partial charge in [0.15, 0.2) is 0 Å². The predicted molar refractivity (Wildman–Crippen MR) is 95.3 cm³/mol. The molecular weight excluding hydrogens is 334 g/mol. The topological polar surface area (TPSA) is 62.3 Å². The maximum atomic E-state index is 12.7. The molecule has 1 N–H and O–H groups in total. The van der Waals surface area contributed by atoms with Crippen LogP contribution in [0.2, 0.25) is 0 Å². The van der Waals surface area contributed by atoms with Crippen molar-refractivity contribution in [1.29, 1.82) is 0 Å². The minimum atomic E-state index is -3.29. The molecular formula is C16H22ClN3O2S. The van der Waals surface area contributed by atoms with Gasteiger partial charge in [-0.15, -0.1) is 12.4 Å². The number of nitrogens with zero attached hydrogens (tertiary/aromatic N) is 2. The van der Waals surface area contributed by atoms with Crippen molar-refractivity contribution in [3.63, 3.8) is 0 Å². The average molecular weight is 356 g/mol. The zero-order chi connectivity index (χ0) is 15.6. The van der Waals surface area contributed by atoms with Gasteiger partial charge in [-0.05, 0) is 31.5 Å². The molecule has 1 fully saturated rings. The lowest BCUT2D eigenvalue weighted by molar-refractivity contribution is 0.298. The highest BCUT2D eigenvalue weighted by molar-refractivity contribution is 7.88. The summed E-state index contributed by atoms with van der Waals surface area (Å²) in [5.74, 6) is 0.0194. The van der Waals surface area contributed by atoms with Gasteiger partial charge in [-0.1, -0.05) is 24.3 Å². The molecule has 0 atom stereocenters. The first-order valence-corrected chi connectivity index (χ1v) is 9.19. The fourth-order valence-corrected chi connectivity index (χ4v) is 4.57. The van der Waals surface area contributed by atoms with Gasteiger partial charge in [0.2, 0.25) is 10.0 Å². The number of sulfonamides is 1. The molecule has 2 aromatic rings. The number of rotatable bonds is 4. The third-order valence-corrected chi connectivity index (χ3v) is 6.14. The van der Waals surface area contributed by atoms with Gasteiger partial charge in [-0.3, -0.25) is 4.98 Å². The minimum absolute atomic E-state index is 0. The van der Waals surface area contributed by atoms with Gasteiger partial charge in [0, 0.05) is 30.7 Å². The average Bonchev–Trinajstić information content (AvgIpc) is 2.55. The van der Waals surface area contributed by atoms with E-state index in [1.54, 1.807) is 10.5 Å². The van der Waals surface area contributed by atoms with E-state index in [1.165, 1.54) is 0 Å². The van der Waals surface area contributed by atoms with Gasteiger partial charge < -0.3 is 5.32 Å². The number of halogens is 1. The van der Waals surface area contributed by atoms with Crippen LogP contribution in [-0.4, -0.2) is 43.9 Å². The van der Waals surface area contributed by atoms with E-state index >= 15 is 0 Å². The van der Waals surface area contributed by atoms with Crippen LogP contribution in [-0.2, 0) is 15.8 Å². The predicted octanol–water partition coefficient (Wildman–Crippen LogP) is 2.17. The number of hydrogen-bond acceptors (Lipinski definition) is 4. The first kappa shape index (κ1) is 18.1. The molecule has 0 aliphatic carbocycles. The Morgan fingerprint density at radius 2 is 1.91 bits per heavy atom. The summed E-state index contributed by atoms with van der Waals surface area (Å²) in [4.78, 5) is 4.34. The second-order valence-electron chi connectivity index (χ2n) is 5.71. The van der Waals surface area contributed by atoms with Crippen molar-refractivity contribution in [2.24, 2.45) is 0 Å². The van der Waals surface area contributed by atoms with Gasteiger partial charge in [0.05, 0.1) is 11.3 Å². The Labute approximate surface area is 143 Å². The molecule has 1 aliphatic heterocycles. The SMILES string of the molecule is CNC1CCN(S(=O)(=O)Cc2cccc3cccnc23)CC1.Cl. The fourth-order valence-electron chi connectivity index (χ4n) is 2.99. The molecule has 1 aromatic carbocycles. The van der Waals surface area contributed by atoms with Crippen molar-refractivity contribution < 1.29 is 8.42 Å². The largest absolute Gasteiger partial charge is 0.317 e. The van der Waals surface area contributed by atoms with E-state index in [9.17, 15) is 8.42 Å². The van der Waals surface area contributed by atoms with Gasteiger partial charge >= 0.3 is 0 Å². The Balaban J connectivity index is 0.00000192. The molecule has 1 saturated heterocycles. The molecule has 1 aliphatic rings. The Morgan fingerprint density at radius 1 is 1.22 bits per heavy atom. The van der Waals surface area contributed by atoms with Gasteiger partial charge in [0.25, 0.3) is 0 Å². The minimum Gasteiger partial charge on any atom is -0.317 e. The Kier molecular flexibility index (Phi) is 5.97. The maximum Gasteiger partial charge on any atom is 0.218 e. The summed E-state index contributed by atoms with van der Waals surface area (Å²) in [7, 11) is -1.37. The first-order chi connectivity index (χ1) is 10.6. The van der Waals surface area contributed by atoms with Crippen LogP contribution in [0.4, 0.5) is 0 Å². The van der Waals surface area contributed by atoms with Crippen molar-refractivity contribution >= 4 is 33.3 Å². The molecule has 0 bridgehead atoms. The lowest BCUT2D eigenvalue weighted by Crippen LogP contribution is -2.44. The van der Waals surface area contributed by atoms with Crippen molar-refractivity contribution in [2.75, 3.05) is 20.1 Å². The highest BCUT2D eigenvalue weighted by atomic mass is 35.5. The summed E-state index contributed by atoms with van der Waals surface area (Å²) in [6.45, 7) is 1.18. The number of piperidine rings is 1. The molecule has 1 aromatic heterocycles. The number of benzene rings is 1. The summed E-state index contributed by atoms with van der Waals surface area (Å²) in [5.41, 5.74) is 1.55. The molecule has 0 spiro atoms. The van der Waals surface area contributed by atoms with Crippen molar-refractivity contribution in [3.05, 3.63) is 42.1 Å². The third-order valence-electron chi connectivity index (χ3n) is 4.31. The normalized spacial score (nSPS) is 17.1. The number of fused-ring (bicyclic) bond motifs is 1. The van der Waals surface area contributed by atoms with E-state index < -0.39 is 10.0 Å². The van der Waals surface area contributed by atoms with Crippen LogP contribution < -0.4 is 5.32 Å². The molecule has 0 amide bonds. The first-order valence-electron chi connectivity index (χ1n) is 7.58. The van der Waals surface area contributed by atoms with E-state index in [1.807, 2.05) is 37.4 Å². The van der Waals surface area contributed by atoms with Crippen LogP contribution in [0, 0.1) is 0 Å². The smallest absolute Gasteiger partial charge is 0.218 e. The number of nitrogens with one attached hydrogen (secondary N) is 1. The second kappa shape index (κ2) is 7.57. The molecule has 0 radical (unpaired) electrons. The molecule has 5 nitrogen and oxygen atoms in total. The number of aromatic nitrogens is 1. The van der Waals surface area contributed by atoms with Gasteiger partial charge in [0.1, 0.15) is 0 Å².